The number of nitrogens with zero attached hydrogens (tertiary/aromatic N) is 3. The number of hydrazone groups is 1. The number of rotatable bonds is 8. The van der Waals surface area contributed by atoms with Gasteiger partial charge in [0.25, 0.3) is 0 Å². The Labute approximate surface area is 244 Å². The van der Waals surface area contributed by atoms with Crippen LogP contribution in [0.15, 0.2) is 47.6 Å². The van der Waals surface area contributed by atoms with Crippen molar-refractivity contribution in [3.63, 3.8) is 0 Å². The number of halogens is 1. The van der Waals surface area contributed by atoms with Crippen LogP contribution in [0.4, 0.5) is 9.18 Å². The Balaban J connectivity index is 1.33. The van der Waals surface area contributed by atoms with Gasteiger partial charge in [-0.2, -0.15) is 5.10 Å². The maximum atomic E-state index is 13.7. The van der Waals surface area contributed by atoms with E-state index < -0.39 is 18.0 Å². The van der Waals surface area contributed by atoms with Crippen LogP contribution in [0.3, 0.4) is 0 Å². The van der Waals surface area contributed by atoms with Gasteiger partial charge in [0.1, 0.15) is 11.9 Å². The summed E-state index contributed by atoms with van der Waals surface area (Å²) in [6.45, 7) is 0.730. The summed E-state index contributed by atoms with van der Waals surface area (Å²) in [4.78, 5) is 40.2. The third-order valence-corrected chi connectivity index (χ3v) is 8.63. The fourth-order valence-corrected chi connectivity index (χ4v) is 6.45. The van der Waals surface area contributed by atoms with Crippen LogP contribution in [0.1, 0.15) is 49.7 Å². The van der Waals surface area contributed by atoms with Crippen LogP contribution in [-0.2, 0) is 16.0 Å². The molecule has 2 heterocycles. The molecule has 1 saturated carbocycles. The number of carbonyl (C=O) groups is 3. The number of methoxy groups -OCH3 is 2. The molecule has 3 atom stereocenters. The van der Waals surface area contributed by atoms with Gasteiger partial charge < -0.3 is 24.8 Å². The van der Waals surface area contributed by atoms with E-state index in [1.54, 1.807) is 36.3 Å². The molecule has 5 rings (SSSR count). The van der Waals surface area contributed by atoms with Gasteiger partial charge in [-0.25, -0.2) is 14.2 Å². The van der Waals surface area contributed by atoms with Crippen molar-refractivity contribution in [1.29, 1.82) is 0 Å². The van der Waals surface area contributed by atoms with E-state index in [4.69, 9.17) is 14.6 Å². The molecule has 0 spiro atoms. The van der Waals surface area contributed by atoms with Crippen molar-refractivity contribution in [3.05, 3.63) is 59.4 Å². The Morgan fingerprint density at radius 3 is 2.31 bits per heavy atom. The predicted octanol–water partition coefficient (Wildman–Crippen LogP) is 4.07. The molecular formula is C31H37FN4O6. The first-order valence-electron chi connectivity index (χ1n) is 14.5. The largest absolute Gasteiger partial charge is 0.493 e. The number of hydrogen-bond acceptors (Lipinski definition) is 6. The van der Waals surface area contributed by atoms with Gasteiger partial charge in [0, 0.05) is 36.9 Å². The van der Waals surface area contributed by atoms with Crippen LogP contribution in [0.2, 0.25) is 0 Å². The molecule has 10 nitrogen and oxygen atoms in total. The number of hydrogen-bond donors (Lipinski definition) is 2. The minimum atomic E-state index is -1.30. The van der Waals surface area contributed by atoms with Gasteiger partial charge in [0.05, 0.1) is 26.0 Å². The van der Waals surface area contributed by atoms with E-state index in [0.717, 1.165) is 37.0 Å². The summed E-state index contributed by atoms with van der Waals surface area (Å²) in [7, 11) is 3.18. The lowest BCUT2D eigenvalue weighted by molar-refractivity contribution is -0.143. The minimum Gasteiger partial charge on any atom is -0.493 e. The molecule has 0 radical (unpaired) electrons. The minimum absolute atomic E-state index is 0.0374. The molecule has 2 N–H and O–H groups in total. The lowest BCUT2D eigenvalue weighted by atomic mass is 9.73. The average Bonchev–Trinajstić information content (AvgIpc) is 3.01. The second-order valence-electron chi connectivity index (χ2n) is 11.1. The molecule has 0 unspecified atom stereocenters. The van der Waals surface area contributed by atoms with Crippen LogP contribution in [0, 0.1) is 17.7 Å². The topological polar surface area (TPSA) is 121 Å². The summed E-state index contributed by atoms with van der Waals surface area (Å²) < 4.78 is 24.3. The number of carboxylic acid groups (broad SMARTS) is 1. The molecule has 224 valence electrons. The number of fused-ring (bicyclic) bond motifs is 1. The zero-order valence-electron chi connectivity index (χ0n) is 23.9. The van der Waals surface area contributed by atoms with Gasteiger partial charge in [-0.15, -0.1) is 0 Å². The quantitative estimate of drug-likeness (QED) is 0.486. The summed E-state index contributed by atoms with van der Waals surface area (Å²) in [5.74, 6) is 0.417. The SMILES string of the molecule is COc1ccc(C2=NN(C3CCN(C(=O)[C@H](Cc4ccc(F)cc4)NC(=O)O)CC3)C(=O)[C@@H]3CCCC[C@H]23)cc1OC. The molecule has 42 heavy (non-hydrogen) atoms. The number of piperidine rings is 1. The van der Waals surface area contributed by atoms with Crippen LogP contribution in [0.5, 0.6) is 11.5 Å². The van der Waals surface area contributed by atoms with Crippen molar-refractivity contribution in [1.82, 2.24) is 15.2 Å². The molecule has 2 aromatic carbocycles. The van der Waals surface area contributed by atoms with Crippen LogP contribution in [-0.4, -0.2) is 78.0 Å². The number of nitrogens with one attached hydrogen (secondary N) is 1. The maximum absolute atomic E-state index is 13.7. The monoisotopic (exact) mass is 580 g/mol. The average molecular weight is 581 g/mol. The highest BCUT2D eigenvalue weighted by atomic mass is 19.1. The van der Waals surface area contributed by atoms with Crippen molar-refractivity contribution in [2.24, 2.45) is 16.9 Å². The Morgan fingerprint density at radius 2 is 1.67 bits per heavy atom. The highest BCUT2D eigenvalue weighted by Crippen LogP contribution is 2.40. The van der Waals surface area contributed by atoms with E-state index in [1.165, 1.54) is 12.1 Å². The molecule has 2 aromatic rings. The van der Waals surface area contributed by atoms with Gasteiger partial charge in [-0.1, -0.05) is 25.0 Å². The Morgan fingerprint density at radius 1 is 1.00 bits per heavy atom. The van der Waals surface area contributed by atoms with E-state index in [0.29, 0.717) is 43.0 Å². The van der Waals surface area contributed by atoms with Gasteiger partial charge >= 0.3 is 6.09 Å². The number of ether oxygens (including phenoxy) is 2. The van der Waals surface area contributed by atoms with Gasteiger partial charge in [0.2, 0.25) is 11.8 Å². The predicted molar refractivity (Wildman–Crippen MR) is 153 cm³/mol. The Kier molecular flexibility index (Phi) is 8.94. The smallest absolute Gasteiger partial charge is 0.405 e. The van der Waals surface area contributed by atoms with Crippen LogP contribution < -0.4 is 14.8 Å². The number of amides is 3. The van der Waals surface area contributed by atoms with Gasteiger partial charge in [-0.3, -0.25) is 9.59 Å². The molecule has 0 bridgehead atoms. The zero-order valence-corrected chi connectivity index (χ0v) is 23.9. The van der Waals surface area contributed by atoms with Crippen LogP contribution in [0.25, 0.3) is 0 Å². The second-order valence-corrected chi connectivity index (χ2v) is 11.1. The van der Waals surface area contributed by atoms with Crippen molar-refractivity contribution in [2.75, 3.05) is 27.3 Å². The van der Waals surface area contributed by atoms with Crippen molar-refractivity contribution in [2.45, 2.75) is 57.0 Å². The van der Waals surface area contributed by atoms with E-state index >= 15 is 0 Å². The second kappa shape index (κ2) is 12.8. The summed E-state index contributed by atoms with van der Waals surface area (Å²) in [5.41, 5.74) is 2.43. The van der Waals surface area contributed by atoms with Crippen molar-refractivity contribution in [3.8, 4) is 11.5 Å². The third kappa shape index (κ3) is 6.19. The van der Waals surface area contributed by atoms with Gasteiger partial charge in [0.15, 0.2) is 11.5 Å². The first-order chi connectivity index (χ1) is 20.3. The molecule has 11 heteroatoms. The molecular weight excluding hydrogens is 543 g/mol. The number of carbonyl (C=O) groups excluding carboxylic acids is 2. The summed E-state index contributed by atoms with van der Waals surface area (Å²) in [6, 6.07) is 10.2. The molecule has 1 aliphatic carbocycles. The normalized spacial score (nSPS) is 21.7. The highest BCUT2D eigenvalue weighted by Gasteiger charge is 2.44. The van der Waals surface area contributed by atoms with E-state index in [2.05, 4.69) is 5.32 Å². The summed E-state index contributed by atoms with van der Waals surface area (Å²) in [5, 5.41) is 18.3. The standard InChI is InChI=1S/C31H37FN4O6/c1-41-26-12-9-20(18-27(26)42-2)28-23-5-3-4-6-24(23)29(37)36(34-28)22-13-15-35(16-14-22)30(38)25(33-31(39)40)17-19-7-10-21(32)11-8-19/h7-12,18,22-25,33H,3-6,13-17H2,1-2H3,(H,39,40)/t23-,24+,25-/m0/s1. The van der Waals surface area contributed by atoms with Crippen LogP contribution >= 0.6 is 0 Å². The fourth-order valence-electron chi connectivity index (χ4n) is 6.45. The van der Waals surface area contributed by atoms with Gasteiger partial charge in [-0.05, 0) is 61.6 Å². The van der Waals surface area contributed by atoms with E-state index in [1.807, 2.05) is 18.2 Å². The van der Waals surface area contributed by atoms with E-state index in [9.17, 15) is 23.9 Å². The third-order valence-electron chi connectivity index (χ3n) is 8.63. The first kappa shape index (κ1) is 29.3. The maximum Gasteiger partial charge on any atom is 0.405 e. The van der Waals surface area contributed by atoms with E-state index in [-0.39, 0.29) is 36.1 Å². The Hall–Kier alpha value is -4.15. The summed E-state index contributed by atoms with van der Waals surface area (Å²) in [6.07, 6.45) is 3.61. The summed E-state index contributed by atoms with van der Waals surface area (Å²) >= 11 is 0. The molecule has 0 aromatic heterocycles. The molecule has 2 fully saturated rings. The molecule has 1 saturated heterocycles. The highest BCUT2D eigenvalue weighted by molar-refractivity contribution is 6.07. The van der Waals surface area contributed by atoms with Crippen molar-refractivity contribution >= 4 is 23.6 Å². The zero-order chi connectivity index (χ0) is 29.8. The molecule has 3 amide bonds. The van der Waals surface area contributed by atoms with Crippen molar-refractivity contribution < 1.29 is 33.4 Å². The lowest BCUT2D eigenvalue weighted by Crippen LogP contribution is -2.55. The molecule has 3 aliphatic rings. The molecule has 2 aliphatic heterocycles. The fraction of sp³-hybridized carbons (Fsp3) is 0.484. The number of benzene rings is 2. The first-order valence-corrected chi connectivity index (χ1v) is 14.5. The Bertz CT molecular complexity index is 1340. The number of likely N-dealkylation sites (tertiary alicyclic amines) is 1. The lowest BCUT2D eigenvalue weighted by Gasteiger charge is -2.43.